The lowest BCUT2D eigenvalue weighted by Gasteiger charge is -2.10. The Morgan fingerprint density at radius 3 is 2.97 bits per heavy atom. The van der Waals surface area contributed by atoms with Crippen LogP contribution >= 0.6 is 0 Å². The molecule has 1 aromatic heterocycles. The van der Waals surface area contributed by atoms with Crippen LogP contribution in [0.5, 0.6) is 11.5 Å². The molecule has 31 heavy (non-hydrogen) atoms. The molecule has 1 atom stereocenters. The second-order valence-corrected chi connectivity index (χ2v) is 7.19. The van der Waals surface area contributed by atoms with Gasteiger partial charge in [-0.15, -0.1) is 5.10 Å². The molecule has 0 spiro atoms. The average molecular weight is 423 g/mol. The van der Waals surface area contributed by atoms with Crippen molar-refractivity contribution in [3.63, 3.8) is 0 Å². The van der Waals surface area contributed by atoms with Crippen molar-refractivity contribution in [2.24, 2.45) is 0 Å². The van der Waals surface area contributed by atoms with E-state index < -0.39 is 5.82 Å². The Labute approximate surface area is 178 Å². The number of carbonyl (C=O) groups excluding carboxylic acids is 1. The summed E-state index contributed by atoms with van der Waals surface area (Å²) in [4.78, 5) is 12.5. The lowest BCUT2D eigenvalue weighted by atomic mass is 10.1. The molecule has 9 heteroatoms. The summed E-state index contributed by atoms with van der Waals surface area (Å²) >= 11 is 0. The van der Waals surface area contributed by atoms with Crippen molar-refractivity contribution < 1.29 is 18.7 Å². The molecule has 2 heterocycles. The van der Waals surface area contributed by atoms with Crippen LogP contribution in [0.4, 0.5) is 10.1 Å². The number of hydrogen-bond acceptors (Lipinski definition) is 6. The van der Waals surface area contributed by atoms with E-state index in [1.54, 1.807) is 13.0 Å². The van der Waals surface area contributed by atoms with E-state index in [0.29, 0.717) is 23.9 Å². The van der Waals surface area contributed by atoms with Crippen LogP contribution < -0.4 is 14.8 Å². The second-order valence-electron chi connectivity index (χ2n) is 7.19. The molecule has 4 rings (SSSR count). The van der Waals surface area contributed by atoms with Crippen LogP contribution in [0.2, 0.25) is 0 Å². The summed E-state index contributed by atoms with van der Waals surface area (Å²) in [6.07, 6.45) is 4.01. The normalized spacial score (nSPS) is 15.0. The van der Waals surface area contributed by atoms with Crippen molar-refractivity contribution in [2.45, 2.75) is 33.3 Å². The van der Waals surface area contributed by atoms with Crippen molar-refractivity contribution in [1.82, 2.24) is 20.2 Å². The Bertz CT molecular complexity index is 1160. The van der Waals surface area contributed by atoms with E-state index in [9.17, 15) is 9.18 Å². The van der Waals surface area contributed by atoms with Gasteiger partial charge in [-0.05, 0) is 67.6 Å². The zero-order valence-electron chi connectivity index (χ0n) is 17.4. The first-order valence-corrected chi connectivity index (χ1v) is 9.95. The van der Waals surface area contributed by atoms with E-state index in [2.05, 4.69) is 20.8 Å². The Morgan fingerprint density at radius 1 is 1.39 bits per heavy atom. The first kappa shape index (κ1) is 20.5. The Hall–Kier alpha value is -3.75. The number of aromatic nitrogens is 4. The first-order valence-electron chi connectivity index (χ1n) is 9.95. The summed E-state index contributed by atoms with van der Waals surface area (Å²) in [6, 6.07) is 8.04. The number of carbonyl (C=O) groups is 1. The molecule has 0 bridgehead atoms. The molecule has 2 aromatic carbocycles. The van der Waals surface area contributed by atoms with E-state index in [-0.39, 0.29) is 17.7 Å². The number of fused-ring (bicyclic) bond motifs is 1. The number of nitrogens with one attached hydrogen (secondary N) is 1. The lowest BCUT2D eigenvalue weighted by molar-refractivity contribution is -0.111. The smallest absolute Gasteiger partial charge is 0.248 e. The van der Waals surface area contributed by atoms with Gasteiger partial charge in [0.05, 0.1) is 6.61 Å². The number of rotatable bonds is 6. The lowest BCUT2D eigenvalue weighted by Crippen LogP contribution is -2.10. The number of hydrogen-bond donors (Lipinski definition) is 1. The third kappa shape index (κ3) is 4.40. The van der Waals surface area contributed by atoms with Crippen LogP contribution in [0.15, 0.2) is 36.4 Å². The second kappa shape index (κ2) is 8.55. The van der Waals surface area contributed by atoms with Gasteiger partial charge in [0.1, 0.15) is 29.1 Å². The minimum atomic E-state index is -0.502. The zero-order chi connectivity index (χ0) is 22.0. The Balaban J connectivity index is 1.53. The van der Waals surface area contributed by atoms with E-state index in [1.165, 1.54) is 29.0 Å². The largest absolute Gasteiger partial charge is 0.493 e. The predicted molar refractivity (Wildman–Crippen MR) is 113 cm³/mol. The monoisotopic (exact) mass is 423 g/mol. The molecule has 1 aliphatic rings. The molecule has 160 valence electrons. The van der Waals surface area contributed by atoms with Gasteiger partial charge in [0.15, 0.2) is 5.82 Å². The highest BCUT2D eigenvalue weighted by Gasteiger charge is 2.21. The van der Waals surface area contributed by atoms with Gasteiger partial charge in [-0.2, -0.15) is 4.68 Å². The highest BCUT2D eigenvalue weighted by atomic mass is 19.1. The third-order valence-corrected chi connectivity index (χ3v) is 4.81. The molecular weight excluding hydrogens is 401 g/mol. The number of anilines is 1. The molecule has 0 fully saturated rings. The predicted octanol–water partition coefficient (Wildman–Crippen LogP) is 3.48. The van der Waals surface area contributed by atoms with E-state index in [0.717, 1.165) is 23.3 Å². The molecule has 0 radical (unpaired) electrons. The molecule has 3 aromatic rings. The van der Waals surface area contributed by atoms with Gasteiger partial charge in [0.2, 0.25) is 5.91 Å². The van der Waals surface area contributed by atoms with Crippen LogP contribution in [0.3, 0.4) is 0 Å². The highest BCUT2D eigenvalue weighted by Crippen LogP contribution is 2.35. The molecule has 1 unspecified atom stereocenters. The Morgan fingerprint density at radius 2 is 2.23 bits per heavy atom. The molecule has 0 saturated heterocycles. The number of aryl methyl sites for hydroxylation is 1. The molecule has 0 saturated carbocycles. The maximum Gasteiger partial charge on any atom is 0.248 e. The molecule has 1 N–H and O–H groups in total. The number of amides is 1. The SMILES string of the molecule is CCOc1cc2c(cc1/C=C/C(=O)Nc1ccc(F)c(-n3nnnc3C)c1)OC(C)C2. The maximum atomic E-state index is 14.2. The van der Waals surface area contributed by atoms with Crippen LogP contribution in [0.1, 0.15) is 30.8 Å². The fraction of sp³-hybridized carbons (Fsp3) is 0.273. The maximum absolute atomic E-state index is 14.2. The summed E-state index contributed by atoms with van der Waals surface area (Å²) in [7, 11) is 0. The molecule has 8 nitrogen and oxygen atoms in total. The number of benzene rings is 2. The van der Waals surface area contributed by atoms with E-state index >= 15 is 0 Å². The summed E-state index contributed by atoms with van der Waals surface area (Å²) in [6.45, 7) is 6.09. The van der Waals surface area contributed by atoms with Crippen LogP contribution in [-0.2, 0) is 11.2 Å². The van der Waals surface area contributed by atoms with Gasteiger partial charge in [-0.1, -0.05) is 0 Å². The topological polar surface area (TPSA) is 91.2 Å². The molecule has 1 aliphatic heterocycles. The number of halogens is 1. The first-order chi connectivity index (χ1) is 14.9. The van der Waals surface area contributed by atoms with E-state index in [4.69, 9.17) is 9.47 Å². The minimum absolute atomic E-state index is 0.114. The van der Waals surface area contributed by atoms with Gasteiger partial charge < -0.3 is 14.8 Å². The van der Waals surface area contributed by atoms with Gasteiger partial charge in [-0.3, -0.25) is 4.79 Å². The van der Waals surface area contributed by atoms with Gasteiger partial charge in [-0.25, -0.2) is 4.39 Å². The zero-order valence-corrected chi connectivity index (χ0v) is 17.4. The molecule has 1 amide bonds. The van der Waals surface area contributed by atoms with Gasteiger partial charge in [0.25, 0.3) is 0 Å². The van der Waals surface area contributed by atoms with Gasteiger partial charge in [0, 0.05) is 29.3 Å². The van der Waals surface area contributed by atoms with Crippen molar-refractivity contribution >= 4 is 17.7 Å². The standard InChI is InChI=1S/C22H22FN5O3/c1-4-30-20-11-16-9-13(2)31-21(16)10-15(20)5-8-22(29)24-17-6-7-18(23)19(12-17)28-14(3)25-26-27-28/h5-8,10-13H,4,9H2,1-3H3,(H,24,29)/b8-5+. The fourth-order valence-corrected chi connectivity index (χ4v) is 3.42. The summed E-state index contributed by atoms with van der Waals surface area (Å²) < 4.78 is 27.0. The van der Waals surface area contributed by atoms with E-state index in [1.807, 2.05) is 26.0 Å². The summed E-state index contributed by atoms with van der Waals surface area (Å²) in [5.74, 6) is 1.05. The van der Waals surface area contributed by atoms with Gasteiger partial charge >= 0.3 is 0 Å². The highest BCUT2D eigenvalue weighted by molar-refractivity contribution is 6.02. The van der Waals surface area contributed by atoms with Crippen LogP contribution in [0.25, 0.3) is 11.8 Å². The van der Waals surface area contributed by atoms with Crippen molar-refractivity contribution in [3.05, 3.63) is 59.2 Å². The summed E-state index contributed by atoms with van der Waals surface area (Å²) in [5, 5.41) is 13.8. The fourth-order valence-electron chi connectivity index (χ4n) is 3.42. The Kier molecular flexibility index (Phi) is 5.66. The quantitative estimate of drug-likeness (QED) is 0.611. The van der Waals surface area contributed by atoms with Crippen LogP contribution in [-0.4, -0.2) is 38.8 Å². The van der Waals surface area contributed by atoms with Crippen molar-refractivity contribution in [3.8, 4) is 17.2 Å². The van der Waals surface area contributed by atoms with Crippen molar-refractivity contribution in [2.75, 3.05) is 11.9 Å². The average Bonchev–Trinajstić information content (AvgIpc) is 3.32. The number of ether oxygens (including phenoxy) is 2. The number of tetrazole rings is 1. The summed E-state index contributed by atoms with van der Waals surface area (Å²) in [5.41, 5.74) is 2.40. The third-order valence-electron chi connectivity index (χ3n) is 4.81. The van der Waals surface area contributed by atoms with Crippen molar-refractivity contribution in [1.29, 1.82) is 0 Å². The van der Waals surface area contributed by atoms with Crippen LogP contribution in [0, 0.1) is 12.7 Å². The molecular formula is C22H22FN5O3. The minimum Gasteiger partial charge on any atom is -0.493 e. The molecule has 0 aliphatic carbocycles. The number of nitrogens with zero attached hydrogens (tertiary/aromatic N) is 4.